The lowest BCUT2D eigenvalue weighted by atomic mass is 10.2. The monoisotopic (exact) mass is 364 g/mol. The molecule has 0 saturated carbocycles. The molecule has 0 aliphatic carbocycles. The van der Waals surface area contributed by atoms with E-state index in [1.807, 2.05) is 32.9 Å². The SMILES string of the molecule is CCCc1c(Sc2cc(C)cc(C)c2)n(OCCCO)c(=O)[nH]c1=O. The predicted octanol–water partition coefficient (Wildman–Crippen LogP) is 2.07. The van der Waals surface area contributed by atoms with Gasteiger partial charge in [0.2, 0.25) is 0 Å². The highest BCUT2D eigenvalue weighted by Gasteiger charge is 2.17. The number of aromatic nitrogens is 2. The van der Waals surface area contributed by atoms with Gasteiger partial charge in [-0.25, -0.2) is 4.79 Å². The first kappa shape index (κ1) is 19.3. The van der Waals surface area contributed by atoms with Gasteiger partial charge in [0.25, 0.3) is 5.56 Å². The van der Waals surface area contributed by atoms with E-state index in [9.17, 15) is 9.59 Å². The Morgan fingerprint density at radius 1 is 1.20 bits per heavy atom. The number of aliphatic hydroxyl groups is 1. The van der Waals surface area contributed by atoms with E-state index < -0.39 is 5.69 Å². The smallest absolute Gasteiger partial charge is 0.362 e. The molecule has 0 saturated heterocycles. The van der Waals surface area contributed by atoms with Gasteiger partial charge in [-0.1, -0.05) is 31.2 Å². The number of nitrogens with one attached hydrogen (secondary N) is 1. The van der Waals surface area contributed by atoms with Gasteiger partial charge in [0.05, 0.1) is 5.56 Å². The fraction of sp³-hybridized carbons (Fsp3) is 0.444. The van der Waals surface area contributed by atoms with E-state index in [0.717, 1.165) is 27.2 Å². The van der Waals surface area contributed by atoms with E-state index in [1.54, 1.807) is 0 Å². The summed E-state index contributed by atoms with van der Waals surface area (Å²) in [5.41, 5.74) is 1.78. The van der Waals surface area contributed by atoms with Crippen molar-refractivity contribution in [2.24, 2.45) is 0 Å². The molecule has 2 rings (SSSR count). The molecule has 7 heteroatoms. The molecule has 0 atom stereocenters. The fourth-order valence-electron chi connectivity index (χ4n) is 2.55. The Hall–Kier alpha value is -1.99. The highest BCUT2D eigenvalue weighted by molar-refractivity contribution is 7.99. The molecular formula is C18H24N2O4S. The lowest BCUT2D eigenvalue weighted by Crippen LogP contribution is -2.38. The topological polar surface area (TPSA) is 84.3 Å². The van der Waals surface area contributed by atoms with Gasteiger partial charge < -0.3 is 9.94 Å². The normalized spacial score (nSPS) is 10.9. The molecule has 1 aromatic carbocycles. The summed E-state index contributed by atoms with van der Waals surface area (Å²) in [5, 5.41) is 9.43. The number of aromatic amines is 1. The van der Waals surface area contributed by atoms with Gasteiger partial charge in [-0.3, -0.25) is 9.78 Å². The molecule has 0 unspecified atom stereocenters. The zero-order valence-corrected chi connectivity index (χ0v) is 15.6. The summed E-state index contributed by atoms with van der Waals surface area (Å²) < 4.78 is 1.14. The maximum Gasteiger partial charge on any atom is 0.362 e. The van der Waals surface area contributed by atoms with Gasteiger partial charge >= 0.3 is 5.69 Å². The van der Waals surface area contributed by atoms with Crippen molar-refractivity contribution >= 4 is 11.8 Å². The van der Waals surface area contributed by atoms with Crippen molar-refractivity contribution in [2.45, 2.75) is 50.0 Å². The van der Waals surface area contributed by atoms with Crippen molar-refractivity contribution in [3.63, 3.8) is 0 Å². The molecule has 6 nitrogen and oxygen atoms in total. The van der Waals surface area contributed by atoms with Gasteiger partial charge in [-0.05, 0) is 43.5 Å². The van der Waals surface area contributed by atoms with Gasteiger partial charge in [0.15, 0.2) is 0 Å². The molecule has 0 radical (unpaired) electrons. The summed E-state index contributed by atoms with van der Waals surface area (Å²) in [6, 6.07) is 6.09. The van der Waals surface area contributed by atoms with Crippen molar-refractivity contribution in [2.75, 3.05) is 13.2 Å². The molecule has 0 fully saturated rings. The minimum absolute atomic E-state index is 0.0283. The van der Waals surface area contributed by atoms with Gasteiger partial charge in [0, 0.05) is 17.9 Å². The van der Waals surface area contributed by atoms with Crippen LogP contribution < -0.4 is 16.1 Å². The first-order chi connectivity index (χ1) is 12.0. The van der Waals surface area contributed by atoms with E-state index in [0.29, 0.717) is 23.4 Å². The second-order valence-corrected chi connectivity index (χ2v) is 6.99. The first-order valence-corrected chi connectivity index (χ1v) is 9.16. The number of hydrogen-bond acceptors (Lipinski definition) is 5. The van der Waals surface area contributed by atoms with Crippen LogP contribution in [0.5, 0.6) is 0 Å². The third-order valence-corrected chi connectivity index (χ3v) is 4.63. The highest BCUT2D eigenvalue weighted by atomic mass is 32.2. The van der Waals surface area contributed by atoms with Crippen LogP contribution in [0.3, 0.4) is 0 Å². The van der Waals surface area contributed by atoms with Crippen molar-refractivity contribution < 1.29 is 9.94 Å². The summed E-state index contributed by atoms with van der Waals surface area (Å²) >= 11 is 1.35. The van der Waals surface area contributed by atoms with Crippen molar-refractivity contribution in [1.29, 1.82) is 0 Å². The van der Waals surface area contributed by atoms with Crippen molar-refractivity contribution in [1.82, 2.24) is 9.71 Å². The number of aryl methyl sites for hydroxylation is 2. The molecule has 0 aliphatic heterocycles. The molecule has 2 aromatic rings. The maximum absolute atomic E-state index is 12.3. The number of nitrogens with zero attached hydrogens (tertiary/aromatic N) is 1. The first-order valence-electron chi connectivity index (χ1n) is 8.34. The van der Waals surface area contributed by atoms with Crippen LogP contribution in [0.15, 0.2) is 37.7 Å². The minimum Gasteiger partial charge on any atom is -0.408 e. The van der Waals surface area contributed by atoms with Gasteiger partial charge in [-0.15, -0.1) is 4.73 Å². The minimum atomic E-state index is -0.602. The standard InChI is InChI=1S/C18H24N2O4S/c1-4-6-15-16(22)19-18(23)20(24-8-5-7-21)17(15)25-14-10-12(2)9-13(3)11-14/h9-11,21H,4-8H2,1-3H3,(H,19,22,23). The van der Waals surface area contributed by atoms with Crippen LogP contribution >= 0.6 is 11.8 Å². The highest BCUT2D eigenvalue weighted by Crippen LogP contribution is 2.30. The molecule has 136 valence electrons. The van der Waals surface area contributed by atoms with E-state index in [-0.39, 0.29) is 18.8 Å². The number of rotatable bonds is 8. The lowest BCUT2D eigenvalue weighted by Gasteiger charge is -2.16. The second-order valence-electron chi connectivity index (χ2n) is 5.92. The number of H-pyrrole nitrogens is 1. The summed E-state index contributed by atoms with van der Waals surface area (Å²) in [6.45, 7) is 6.15. The fourth-order valence-corrected chi connectivity index (χ4v) is 3.80. The molecule has 1 heterocycles. The largest absolute Gasteiger partial charge is 0.408 e. The van der Waals surface area contributed by atoms with Crippen LogP contribution in [0.2, 0.25) is 0 Å². The third kappa shape index (κ3) is 4.99. The second kappa shape index (κ2) is 8.92. The van der Waals surface area contributed by atoms with Crippen molar-refractivity contribution in [3.8, 4) is 0 Å². The van der Waals surface area contributed by atoms with Crippen LogP contribution in [0, 0.1) is 13.8 Å². The van der Waals surface area contributed by atoms with Crippen LogP contribution in [-0.2, 0) is 6.42 Å². The van der Waals surface area contributed by atoms with Crippen LogP contribution in [0.1, 0.15) is 36.5 Å². The molecular weight excluding hydrogens is 340 g/mol. The quantitative estimate of drug-likeness (QED) is 0.553. The Kier molecular flexibility index (Phi) is 6.90. The summed E-state index contributed by atoms with van der Waals surface area (Å²) in [6.07, 6.45) is 1.73. The Morgan fingerprint density at radius 2 is 1.88 bits per heavy atom. The maximum atomic E-state index is 12.3. The van der Waals surface area contributed by atoms with E-state index >= 15 is 0 Å². The summed E-state index contributed by atoms with van der Waals surface area (Å²) in [4.78, 5) is 33.3. The Labute approximate surface area is 150 Å². The summed E-state index contributed by atoms with van der Waals surface area (Å²) in [5.74, 6) is 0. The van der Waals surface area contributed by atoms with E-state index in [2.05, 4.69) is 11.1 Å². The third-order valence-electron chi connectivity index (χ3n) is 3.55. The van der Waals surface area contributed by atoms with Gasteiger partial charge in [0.1, 0.15) is 11.6 Å². The lowest BCUT2D eigenvalue weighted by molar-refractivity contribution is 0.0678. The van der Waals surface area contributed by atoms with E-state index in [4.69, 9.17) is 9.94 Å². The van der Waals surface area contributed by atoms with Crippen molar-refractivity contribution in [3.05, 3.63) is 55.7 Å². The zero-order valence-electron chi connectivity index (χ0n) is 14.8. The number of aliphatic hydroxyl groups excluding tert-OH is 1. The van der Waals surface area contributed by atoms with Crippen LogP contribution in [0.4, 0.5) is 0 Å². The molecule has 1 aromatic heterocycles. The molecule has 0 bridgehead atoms. The summed E-state index contributed by atoms with van der Waals surface area (Å²) in [7, 11) is 0. The Balaban J connectivity index is 2.53. The zero-order chi connectivity index (χ0) is 18.4. The predicted molar refractivity (Wildman–Crippen MR) is 98.5 cm³/mol. The average Bonchev–Trinajstić information content (AvgIpc) is 2.53. The Morgan fingerprint density at radius 3 is 2.48 bits per heavy atom. The van der Waals surface area contributed by atoms with Crippen LogP contribution in [0.25, 0.3) is 0 Å². The molecule has 2 N–H and O–H groups in total. The average molecular weight is 364 g/mol. The molecule has 25 heavy (non-hydrogen) atoms. The molecule has 0 amide bonds. The van der Waals surface area contributed by atoms with Crippen LogP contribution in [-0.4, -0.2) is 28.0 Å². The number of benzene rings is 1. The molecule has 0 aliphatic rings. The Bertz CT molecular complexity index is 822. The molecule has 0 spiro atoms. The van der Waals surface area contributed by atoms with E-state index in [1.165, 1.54) is 11.8 Å². The number of hydrogen-bond donors (Lipinski definition) is 2. The van der Waals surface area contributed by atoms with Gasteiger partial charge in [-0.2, -0.15) is 0 Å².